The lowest BCUT2D eigenvalue weighted by Crippen LogP contribution is -2.18. The van der Waals surface area contributed by atoms with Crippen LogP contribution >= 0.6 is 0 Å². The summed E-state index contributed by atoms with van der Waals surface area (Å²) in [7, 11) is 0. The van der Waals surface area contributed by atoms with E-state index in [-0.39, 0.29) is 5.41 Å². The molecule has 0 heterocycles. The first-order valence-electron chi connectivity index (χ1n) is 28.0. The van der Waals surface area contributed by atoms with Crippen LogP contribution in [0.2, 0.25) is 0 Å². The van der Waals surface area contributed by atoms with Crippen molar-refractivity contribution in [1.29, 1.82) is 0 Å². The van der Waals surface area contributed by atoms with E-state index in [1.807, 2.05) is 0 Å². The standard InChI is InChI=1S/C74H64N2/c1-74(2)69-43-38-59(53-16-7-3-8-17-53)48-68(69)66-42-41-63(49-70(66)74)76(73-64(54-18-9-4-10-19-54)24-15-25-65(73)55-20-11-5-12-21-55)72-47-51-27-32-57-31-26-50(28-33-58(72)34-29-51)46-71(57)75(61-22-13-6-14-23-61)62-39-36-56(37-40-62)67-45-52-30-35-60(67)44-52/h3-26,29,31,34,36-43,46-49,52,60,67H,27-28,30,32-33,35,44-45H2,1-2H3. The van der Waals surface area contributed by atoms with Gasteiger partial charge in [0.05, 0.1) is 5.69 Å². The Kier molecular flexibility index (Phi) is 11.7. The highest BCUT2D eigenvalue weighted by Gasteiger charge is 2.40. The summed E-state index contributed by atoms with van der Waals surface area (Å²) in [4.78, 5) is 5.18. The quantitative estimate of drug-likeness (QED) is 0.135. The van der Waals surface area contributed by atoms with Gasteiger partial charge in [0.1, 0.15) is 0 Å². The Hall–Kier alpha value is -8.20. The number of nitrogens with zero attached hydrogens (tertiary/aromatic N) is 2. The molecule has 17 rings (SSSR count). The van der Waals surface area contributed by atoms with Crippen molar-refractivity contribution in [1.82, 2.24) is 0 Å². The van der Waals surface area contributed by atoms with E-state index < -0.39 is 0 Å². The van der Waals surface area contributed by atoms with E-state index in [1.165, 1.54) is 143 Å². The molecule has 3 atom stereocenters. The minimum Gasteiger partial charge on any atom is -0.310 e. The van der Waals surface area contributed by atoms with E-state index in [0.717, 1.165) is 37.5 Å². The first-order chi connectivity index (χ1) is 37.4. The molecule has 0 N–H and O–H groups in total. The predicted octanol–water partition coefficient (Wildman–Crippen LogP) is 19.7. The lowest BCUT2D eigenvalue weighted by molar-refractivity contribution is 0.420. The molecule has 2 fully saturated rings. The van der Waals surface area contributed by atoms with Gasteiger partial charge < -0.3 is 9.80 Å². The number of para-hydroxylation sites is 2. The lowest BCUT2D eigenvalue weighted by atomic mass is 9.82. The van der Waals surface area contributed by atoms with Gasteiger partial charge in [-0.05, 0) is 190 Å². The van der Waals surface area contributed by atoms with Gasteiger partial charge in [0, 0.05) is 45.0 Å². The number of anilines is 6. The molecule has 2 nitrogen and oxygen atoms in total. The summed E-state index contributed by atoms with van der Waals surface area (Å²) in [6, 6.07) is 89.8. The second kappa shape index (κ2) is 19.2. The van der Waals surface area contributed by atoms with Gasteiger partial charge in [-0.3, -0.25) is 0 Å². The van der Waals surface area contributed by atoms with Gasteiger partial charge in [-0.1, -0.05) is 202 Å². The van der Waals surface area contributed by atoms with Crippen molar-refractivity contribution in [2.75, 3.05) is 9.80 Å². The number of aryl methyl sites for hydroxylation is 4. The largest absolute Gasteiger partial charge is 0.310 e. The number of hydrogen-bond donors (Lipinski definition) is 0. The Morgan fingerprint density at radius 2 is 0.934 bits per heavy atom. The molecule has 6 bridgehead atoms. The van der Waals surface area contributed by atoms with E-state index in [1.54, 1.807) is 0 Å². The van der Waals surface area contributed by atoms with Crippen molar-refractivity contribution in [3.05, 3.63) is 276 Å². The van der Waals surface area contributed by atoms with Crippen LogP contribution < -0.4 is 9.80 Å². The fraction of sp³-hybridized carbons (Fsp3) is 0.189. The number of rotatable bonds is 10. The number of hydrogen-bond acceptors (Lipinski definition) is 2. The van der Waals surface area contributed by atoms with Crippen molar-refractivity contribution >= 4 is 34.1 Å². The highest BCUT2D eigenvalue weighted by atomic mass is 15.2. The minimum atomic E-state index is -0.209. The van der Waals surface area contributed by atoms with Crippen LogP contribution in [-0.2, 0) is 31.1 Å². The smallest absolute Gasteiger partial charge is 0.0618 e. The fourth-order valence-electron chi connectivity index (χ4n) is 14.0. The zero-order valence-corrected chi connectivity index (χ0v) is 43.8. The summed E-state index contributed by atoms with van der Waals surface area (Å²) in [5.74, 6) is 2.51. The Morgan fingerprint density at radius 3 is 1.53 bits per heavy atom. The fourth-order valence-corrected chi connectivity index (χ4v) is 14.0. The third-order valence-electron chi connectivity index (χ3n) is 17.9. The van der Waals surface area contributed by atoms with Gasteiger partial charge in [0.25, 0.3) is 0 Å². The Morgan fingerprint density at radius 1 is 0.368 bits per heavy atom. The topological polar surface area (TPSA) is 6.48 Å². The normalized spacial score (nSPS) is 17.7. The molecule has 370 valence electrons. The zero-order valence-electron chi connectivity index (χ0n) is 43.8. The van der Waals surface area contributed by atoms with Crippen LogP contribution in [0.15, 0.2) is 237 Å². The van der Waals surface area contributed by atoms with E-state index in [9.17, 15) is 0 Å². The maximum atomic E-state index is 2.65. The van der Waals surface area contributed by atoms with Gasteiger partial charge >= 0.3 is 0 Å². The van der Waals surface area contributed by atoms with E-state index in [2.05, 4.69) is 260 Å². The highest BCUT2D eigenvalue weighted by molar-refractivity contribution is 5.99. The van der Waals surface area contributed by atoms with Crippen molar-refractivity contribution in [3.63, 3.8) is 0 Å². The van der Waals surface area contributed by atoms with Crippen molar-refractivity contribution in [3.8, 4) is 44.5 Å². The third-order valence-corrected chi connectivity index (χ3v) is 17.9. The van der Waals surface area contributed by atoms with Crippen LogP contribution in [0.3, 0.4) is 0 Å². The average molecular weight is 981 g/mol. The van der Waals surface area contributed by atoms with Crippen molar-refractivity contribution < 1.29 is 0 Å². The molecule has 0 aromatic heterocycles. The number of fused-ring (bicyclic) bond motifs is 5. The second-order valence-corrected chi connectivity index (χ2v) is 22.7. The molecule has 10 aromatic rings. The molecule has 2 heteroatoms. The van der Waals surface area contributed by atoms with Crippen LogP contribution in [0.4, 0.5) is 34.1 Å². The summed E-state index contributed by atoms with van der Waals surface area (Å²) in [5.41, 5.74) is 26.7. The van der Waals surface area contributed by atoms with Crippen LogP contribution in [0, 0.1) is 11.8 Å². The molecule has 7 aliphatic carbocycles. The maximum Gasteiger partial charge on any atom is 0.0618 e. The van der Waals surface area contributed by atoms with E-state index >= 15 is 0 Å². The summed E-state index contributed by atoms with van der Waals surface area (Å²) in [5, 5.41) is 0. The summed E-state index contributed by atoms with van der Waals surface area (Å²) >= 11 is 0. The highest BCUT2D eigenvalue weighted by Crippen LogP contribution is 2.55. The summed E-state index contributed by atoms with van der Waals surface area (Å²) in [6.07, 6.45) is 9.22. The van der Waals surface area contributed by atoms with Gasteiger partial charge in [-0.15, -0.1) is 0 Å². The summed E-state index contributed by atoms with van der Waals surface area (Å²) in [6.45, 7) is 4.83. The van der Waals surface area contributed by atoms with Crippen LogP contribution in [0.5, 0.6) is 0 Å². The predicted molar refractivity (Wildman–Crippen MR) is 319 cm³/mol. The maximum absolute atomic E-state index is 2.65. The number of benzene rings is 10. The first-order valence-corrected chi connectivity index (χ1v) is 28.0. The van der Waals surface area contributed by atoms with Crippen molar-refractivity contribution in [2.45, 2.75) is 76.5 Å². The Bertz CT molecular complexity index is 3690. The SMILES string of the molecule is CC1(C)c2ccc(-c3ccccc3)cc2-c2ccc(N(c3cc4ccc3CCc3ccc(c(N(c5ccccc5)c5ccc(C6CC7CCC6C7)cc5)c3)CC4)c3c(-c4ccccc4)cccc3-c3ccccc3)cc21. The molecule has 0 aliphatic heterocycles. The molecule has 2 saturated carbocycles. The second-order valence-electron chi connectivity index (χ2n) is 22.7. The van der Waals surface area contributed by atoms with E-state index in [4.69, 9.17) is 0 Å². The molecule has 0 radical (unpaired) electrons. The van der Waals surface area contributed by atoms with Crippen LogP contribution in [-0.4, -0.2) is 0 Å². The van der Waals surface area contributed by atoms with Gasteiger partial charge in [-0.25, -0.2) is 0 Å². The molecule has 76 heavy (non-hydrogen) atoms. The van der Waals surface area contributed by atoms with Gasteiger partial charge in [0.2, 0.25) is 0 Å². The Balaban J connectivity index is 0.907. The molecule has 7 aliphatic rings. The molecule has 3 unspecified atom stereocenters. The van der Waals surface area contributed by atoms with Crippen molar-refractivity contribution in [2.24, 2.45) is 11.8 Å². The van der Waals surface area contributed by atoms with Gasteiger partial charge in [-0.2, -0.15) is 0 Å². The summed E-state index contributed by atoms with van der Waals surface area (Å²) < 4.78 is 0. The monoisotopic (exact) mass is 981 g/mol. The van der Waals surface area contributed by atoms with Crippen LogP contribution in [0.25, 0.3) is 44.5 Å². The molecule has 0 saturated heterocycles. The molecular weight excluding hydrogens is 917 g/mol. The minimum absolute atomic E-state index is 0.209. The first kappa shape index (κ1) is 46.3. The molecule has 0 spiro atoms. The lowest BCUT2D eigenvalue weighted by Gasteiger charge is -2.34. The van der Waals surface area contributed by atoms with Crippen LogP contribution in [0.1, 0.15) is 84.4 Å². The van der Waals surface area contributed by atoms with Gasteiger partial charge in [0.15, 0.2) is 0 Å². The van der Waals surface area contributed by atoms with E-state index in [0.29, 0.717) is 5.92 Å². The Labute approximate surface area is 450 Å². The third kappa shape index (κ3) is 8.27. The molecular formula is C74H64N2. The molecule has 0 amide bonds. The average Bonchev–Trinajstić information content (AvgIpc) is 4.18. The molecule has 10 aromatic carbocycles. The zero-order chi connectivity index (χ0) is 50.7.